The summed E-state index contributed by atoms with van der Waals surface area (Å²) in [6, 6.07) is 10.4. The normalized spacial score (nSPS) is 19.2. The molecule has 0 aliphatic carbocycles. The van der Waals surface area contributed by atoms with Crippen molar-refractivity contribution in [3.63, 3.8) is 0 Å². The fourth-order valence-electron chi connectivity index (χ4n) is 4.95. The first-order valence-corrected chi connectivity index (χ1v) is 13.9. The summed E-state index contributed by atoms with van der Waals surface area (Å²) >= 11 is 1.53. The molecule has 2 amide bonds. The lowest BCUT2D eigenvalue weighted by atomic mass is 10.0. The zero-order valence-electron chi connectivity index (χ0n) is 22.1. The number of carbonyl (C=O) groups excluding carboxylic acids is 2. The van der Waals surface area contributed by atoms with Crippen molar-refractivity contribution in [1.82, 2.24) is 19.8 Å². The lowest BCUT2D eigenvalue weighted by Gasteiger charge is -2.34. The highest BCUT2D eigenvalue weighted by atomic mass is 32.1. The van der Waals surface area contributed by atoms with Crippen LogP contribution < -0.4 is 10.2 Å². The Labute approximate surface area is 227 Å². The maximum Gasteiger partial charge on any atom is 0.415 e. The highest BCUT2D eigenvalue weighted by Gasteiger charge is 2.38. The number of aromatic nitrogens is 2. The molecule has 0 saturated carbocycles. The van der Waals surface area contributed by atoms with Gasteiger partial charge in [-0.25, -0.2) is 9.78 Å². The number of fused-ring (bicyclic) bond motifs is 1. The van der Waals surface area contributed by atoms with Gasteiger partial charge in [0.05, 0.1) is 22.3 Å². The molecule has 0 radical (unpaired) electrons. The van der Waals surface area contributed by atoms with Gasteiger partial charge in [-0.1, -0.05) is 44.7 Å². The highest BCUT2D eigenvalue weighted by molar-refractivity contribution is 7.17. The van der Waals surface area contributed by atoms with Crippen LogP contribution in [0.3, 0.4) is 0 Å². The molecule has 2 aliphatic heterocycles. The maximum absolute atomic E-state index is 12.6. The SMILES string of the molecule is C=CC(=O)N1CCN(Cc2ccc([C@H](C)Nc3nc(N4C(=O)OCC4C(C)C)c4sccc4n3)cc2)CC1. The molecular formula is C28H34N6O3S. The van der Waals surface area contributed by atoms with Crippen molar-refractivity contribution in [1.29, 1.82) is 0 Å². The molecule has 3 aromatic rings. The van der Waals surface area contributed by atoms with E-state index < -0.39 is 0 Å². The van der Waals surface area contributed by atoms with Gasteiger partial charge in [0.15, 0.2) is 5.82 Å². The molecule has 10 heteroatoms. The summed E-state index contributed by atoms with van der Waals surface area (Å²) in [6.45, 7) is 14.2. The number of nitrogens with one attached hydrogen (secondary N) is 1. The molecule has 0 bridgehead atoms. The smallest absolute Gasteiger partial charge is 0.415 e. The number of hydrogen-bond acceptors (Lipinski definition) is 8. The van der Waals surface area contributed by atoms with Crippen molar-refractivity contribution in [2.45, 2.75) is 39.4 Å². The lowest BCUT2D eigenvalue weighted by molar-refractivity contribution is -0.127. The number of amides is 2. The summed E-state index contributed by atoms with van der Waals surface area (Å²) in [7, 11) is 0. The van der Waals surface area contributed by atoms with Crippen LogP contribution in [0.5, 0.6) is 0 Å². The Kier molecular flexibility index (Phi) is 7.62. The minimum Gasteiger partial charge on any atom is -0.447 e. The van der Waals surface area contributed by atoms with E-state index >= 15 is 0 Å². The monoisotopic (exact) mass is 534 g/mol. The predicted molar refractivity (Wildman–Crippen MR) is 150 cm³/mol. The second kappa shape index (κ2) is 11.1. The van der Waals surface area contributed by atoms with Gasteiger partial charge in [0, 0.05) is 32.7 Å². The van der Waals surface area contributed by atoms with Crippen molar-refractivity contribution in [2.24, 2.45) is 5.92 Å². The molecule has 2 atom stereocenters. The molecule has 2 fully saturated rings. The lowest BCUT2D eigenvalue weighted by Crippen LogP contribution is -2.47. The molecule has 1 unspecified atom stereocenters. The van der Waals surface area contributed by atoms with E-state index in [2.05, 4.69) is 61.8 Å². The third kappa shape index (κ3) is 5.37. The van der Waals surface area contributed by atoms with Crippen molar-refractivity contribution in [2.75, 3.05) is 43.0 Å². The Bertz CT molecular complexity index is 1320. The topological polar surface area (TPSA) is 90.9 Å². The first-order valence-electron chi connectivity index (χ1n) is 13.0. The van der Waals surface area contributed by atoms with E-state index in [1.54, 1.807) is 4.90 Å². The van der Waals surface area contributed by atoms with Crippen LogP contribution in [-0.2, 0) is 16.1 Å². The number of ether oxygens (including phenoxy) is 1. The van der Waals surface area contributed by atoms with Gasteiger partial charge in [0.1, 0.15) is 6.61 Å². The first-order chi connectivity index (χ1) is 18.3. The van der Waals surface area contributed by atoms with E-state index in [9.17, 15) is 9.59 Å². The first kappa shape index (κ1) is 26.1. The van der Waals surface area contributed by atoms with E-state index in [0.717, 1.165) is 48.5 Å². The average Bonchev–Trinajstić information content (AvgIpc) is 3.55. The Morgan fingerprint density at radius 2 is 1.89 bits per heavy atom. The number of benzene rings is 1. The zero-order valence-corrected chi connectivity index (χ0v) is 22.9. The fraction of sp³-hybridized carbons (Fsp3) is 0.429. The van der Waals surface area contributed by atoms with Gasteiger partial charge < -0.3 is 15.0 Å². The molecule has 2 aliphatic rings. The molecular weight excluding hydrogens is 500 g/mol. The molecule has 2 aromatic heterocycles. The summed E-state index contributed by atoms with van der Waals surface area (Å²) in [5.74, 6) is 1.33. The van der Waals surface area contributed by atoms with Crippen LogP contribution in [0.2, 0.25) is 0 Å². The predicted octanol–water partition coefficient (Wildman–Crippen LogP) is 4.68. The minimum absolute atomic E-state index is 0.00448. The van der Waals surface area contributed by atoms with Gasteiger partial charge in [0.2, 0.25) is 11.9 Å². The van der Waals surface area contributed by atoms with E-state index in [1.165, 1.54) is 23.0 Å². The number of rotatable bonds is 8. The fourth-order valence-corrected chi connectivity index (χ4v) is 5.77. The largest absolute Gasteiger partial charge is 0.447 e. The van der Waals surface area contributed by atoms with Crippen molar-refractivity contribution >= 4 is 45.3 Å². The molecule has 1 N–H and O–H groups in total. The third-order valence-electron chi connectivity index (χ3n) is 7.28. The second-order valence-electron chi connectivity index (χ2n) is 10.2. The van der Waals surface area contributed by atoms with Crippen molar-refractivity contribution in [3.8, 4) is 0 Å². The van der Waals surface area contributed by atoms with Gasteiger partial charge in [-0.3, -0.25) is 14.6 Å². The highest BCUT2D eigenvalue weighted by Crippen LogP contribution is 2.35. The van der Waals surface area contributed by atoms with Gasteiger partial charge in [-0.2, -0.15) is 4.98 Å². The minimum atomic E-state index is -0.361. The number of hydrogen-bond donors (Lipinski definition) is 1. The van der Waals surface area contributed by atoms with E-state index in [1.807, 2.05) is 16.3 Å². The van der Waals surface area contributed by atoms with E-state index in [0.29, 0.717) is 18.4 Å². The van der Waals surface area contributed by atoms with Crippen LogP contribution in [-0.4, -0.2) is 70.6 Å². The average molecular weight is 535 g/mol. The van der Waals surface area contributed by atoms with Crippen LogP contribution in [0.15, 0.2) is 48.4 Å². The zero-order chi connectivity index (χ0) is 26.8. The summed E-state index contributed by atoms with van der Waals surface area (Å²) in [6.07, 6.45) is 1.02. The van der Waals surface area contributed by atoms with Gasteiger partial charge in [-0.05, 0) is 41.5 Å². The Morgan fingerprint density at radius 3 is 2.58 bits per heavy atom. The number of cyclic esters (lactones) is 1. The summed E-state index contributed by atoms with van der Waals surface area (Å²) < 4.78 is 6.26. The molecule has 5 rings (SSSR count). The van der Waals surface area contributed by atoms with E-state index in [-0.39, 0.29) is 30.0 Å². The Hall–Kier alpha value is -3.50. The summed E-state index contributed by atoms with van der Waals surface area (Å²) in [5.41, 5.74) is 3.16. The van der Waals surface area contributed by atoms with Crippen LogP contribution in [0, 0.1) is 5.92 Å². The summed E-state index contributed by atoms with van der Waals surface area (Å²) in [4.78, 5) is 39.9. The molecule has 9 nitrogen and oxygen atoms in total. The number of carbonyl (C=O) groups is 2. The molecule has 200 valence electrons. The maximum atomic E-state index is 12.6. The Morgan fingerprint density at radius 1 is 1.16 bits per heavy atom. The van der Waals surface area contributed by atoms with Crippen LogP contribution >= 0.6 is 11.3 Å². The quantitative estimate of drug-likeness (QED) is 0.420. The van der Waals surface area contributed by atoms with Gasteiger partial charge >= 0.3 is 6.09 Å². The van der Waals surface area contributed by atoms with E-state index in [4.69, 9.17) is 14.7 Å². The van der Waals surface area contributed by atoms with Gasteiger partial charge in [-0.15, -0.1) is 11.3 Å². The molecule has 0 spiro atoms. The van der Waals surface area contributed by atoms with Gasteiger partial charge in [0.25, 0.3) is 0 Å². The molecule has 38 heavy (non-hydrogen) atoms. The molecule has 2 saturated heterocycles. The Balaban J connectivity index is 1.27. The number of anilines is 2. The summed E-state index contributed by atoms with van der Waals surface area (Å²) in [5, 5.41) is 5.40. The van der Waals surface area contributed by atoms with Crippen LogP contribution in [0.25, 0.3) is 10.2 Å². The number of nitrogens with zero attached hydrogens (tertiary/aromatic N) is 5. The number of thiophene rings is 1. The molecule has 4 heterocycles. The standard InChI is InChI=1S/C28H34N6O3S/c1-5-24(35)33-13-11-32(12-14-33)16-20-6-8-21(9-7-20)19(4)29-27-30-22-10-15-38-25(22)26(31-27)34-23(18(2)3)17-37-28(34)36/h5-10,15,18-19,23H,1,11-14,16-17H2,2-4H3,(H,29,30,31)/t19-,23?/m0/s1. The molecule has 1 aromatic carbocycles. The van der Waals surface area contributed by atoms with Crippen LogP contribution in [0.4, 0.5) is 16.6 Å². The number of piperazine rings is 1. The van der Waals surface area contributed by atoms with Crippen molar-refractivity contribution in [3.05, 3.63) is 59.5 Å². The van der Waals surface area contributed by atoms with Crippen molar-refractivity contribution < 1.29 is 14.3 Å². The van der Waals surface area contributed by atoms with Crippen LogP contribution in [0.1, 0.15) is 37.9 Å². The second-order valence-corrected chi connectivity index (χ2v) is 11.1. The third-order valence-corrected chi connectivity index (χ3v) is 8.18.